The molecule has 3 nitrogen and oxygen atoms in total. The Morgan fingerprint density at radius 3 is 2.77 bits per heavy atom. The minimum atomic E-state index is 0.106. The van der Waals surface area contributed by atoms with Crippen molar-refractivity contribution in [2.75, 3.05) is 0 Å². The molecule has 0 atom stereocenters. The fourth-order valence-electron chi connectivity index (χ4n) is 0.859. The number of rotatable bonds is 3. The van der Waals surface area contributed by atoms with Gasteiger partial charge >= 0.3 is 0 Å². The molecule has 1 aromatic rings. The van der Waals surface area contributed by atoms with E-state index in [1.807, 2.05) is 19.9 Å². The number of pyridine rings is 1. The molecule has 0 aliphatic heterocycles. The number of hydrogen-bond donors (Lipinski definition) is 1. The minimum absolute atomic E-state index is 0.106. The van der Waals surface area contributed by atoms with Crippen LogP contribution < -0.4 is 10.5 Å². The van der Waals surface area contributed by atoms with E-state index >= 15 is 0 Å². The molecule has 1 aromatic heterocycles. The van der Waals surface area contributed by atoms with Gasteiger partial charge in [-0.2, -0.15) is 0 Å². The third-order valence-electron chi connectivity index (χ3n) is 1.33. The van der Waals surface area contributed by atoms with Crippen molar-refractivity contribution in [2.24, 2.45) is 5.73 Å². The van der Waals surface area contributed by atoms with E-state index in [1.54, 1.807) is 12.1 Å². The Labute approximate surface area is 82.9 Å². The fourth-order valence-corrected chi connectivity index (χ4v) is 0.973. The molecule has 0 aliphatic carbocycles. The van der Waals surface area contributed by atoms with E-state index in [0.717, 1.165) is 0 Å². The lowest BCUT2D eigenvalue weighted by atomic mass is 10.3. The van der Waals surface area contributed by atoms with Crippen molar-refractivity contribution < 1.29 is 4.74 Å². The third kappa shape index (κ3) is 2.99. The summed E-state index contributed by atoms with van der Waals surface area (Å²) in [6.07, 6.45) is 0.106. The Balaban J connectivity index is 2.85. The van der Waals surface area contributed by atoms with E-state index in [-0.39, 0.29) is 11.1 Å². The average molecular weight is 196 g/mol. The third-order valence-corrected chi connectivity index (χ3v) is 1.54. The van der Waals surface area contributed by atoms with Crippen molar-refractivity contribution in [3.63, 3.8) is 0 Å². The van der Waals surface area contributed by atoms with Crippen LogP contribution >= 0.6 is 12.2 Å². The van der Waals surface area contributed by atoms with Gasteiger partial charge in [0.2, 0.25) is 5.88 Å². The lowest BCUT2D eigenvalue weighted by molar-refractivity contribution is 0.232. The summed E-state index contributed by atoms with van der Waals surface area (Å²) >= 11 is 4.79. The molecule has 2 N–H and O–H groups in total. The van der Waals surface area contributed by atoms with Crippen molar-refractivity contribution in [1.29, 1.82) is 0 Å². The van der Waals surface area contributed by atoms with Gasteiger partial charge in [0.1, 0.15) is 10.7 Å². The molecule has 0 saturated carbocycles. The van der Waals surface area contributed by atoms with Crippen molar-refractivity contribution in [2.45, 2.75) is 20.0 Å². The monoisotopic (exact) mass is 196 g/mol. The highest BCUT2D eigenvalue weighted by molar-refractivity contribution is 7.80. The lowest BCUT2D eigenvalue weighted by Crippen LogP contribution is -2.13. The van der Waals surface area contributed by atoms with Gasteiger partial charge in [-0.15, -0.1) is 0 Å². The molecule has 0 saturated heterocycles. The molecule has 0 amide bonds. The summed E-state index contributed by atoms with van der Waals surface area (Å²) in [6.45, 7) is 3.88. The highest BCUT2D eigenvalue weighted by Crippen LogP contribution is 2.09. The van der Waals surface area contributed by atoms with E-state index in [2.05, 4.69) is 4.98 Å². The molecule has 0 bridgehead atoms. The summed E-state index contributed by atoms with van der Waals surface area (Å²) in [5, 5.41) is 0. The molecular formula is C9H12N2OS. The van der Waals surface area contributed by atoms with Crippen molar-refractivity contribution in [3.8, 4) is 5.88 Å². The van der Waals surface area contributed by atoms with Gasteiger partial charge in [0.05, 0.1) is 6.10 Å². The highest BCUT2D eigenvalue weighted by Gasteiger charge is 2.02. The van der Waals surface area contributed by atoms with E-state index in [4.69, 9.17) is 22.7 Å². The number of ether oxygens (including phenoxy) is 1. The molecule has 0 aliphatic rings. The van der Waals surface area contributed by atoms with Gasteiger partial charge in [-0.1, -0.05) is 18.3 Å². The normalized spacial score (nSPS) is 10.1. The van der Waals surface area contributed by atoms with Gasteiger partial charge < -0.3 is 10.5 Å². The summed E-state index contributed by atoms with van der Waals surface area (Å²) in [5.41, 5.74) is 6.02. The molecule has 0 unspecified atom stereocenters. The molecule has 0 fully saturated rings. The Kier molecular flexibility index (Phi) is 3.19. The van der Waals surface area contributed by atoms with Gasteiger partial charge in [0.15, 0.2) is 0 Å². The predicted molar refractivity (Wildman–Crippen MR) is 55.9 cm³/mol. The van der Waals surface area contributed by atoms with E-state index in [0.29, 0.717) is 11.6 Å². The summed E-state index contributed by atoms with van der Waals surface area (Å²) in [5.74, 6) is 0.556. The Morgan fingerprint density at radius 1 is 1.54 bits per heavy atom. The van der Waals surface area contributed by atoms with E-state index < -0.39 is 0 Å². The number of aromatic nitrogens is 1. The molecule has 1 rings (SSSR count). The highest BCUT2D eigenvalue weighted by atomic mass is 32.1. The van der Waals surface area contributed by atoms with Crippen LogP contribution in [0.15, 0.2) is 18.2 Å². The molecule has 0 radical (unpaired) electrons. The first-order valence-electron chi connectivity index (χ1n) is 4.03. The quantitative estimate of drug-likeness (QED) is 0.744. The number of nitrogens with two attached hydrogens (primary N) is 1. The minimum Gasteiger partial charge on any atom is -0.475 e. The summed E-state index contributed by atoms with van der Waals surface area (Å²) in [4.78, 5) is 4.41. The van der Waals surface area contributed by atoms with Crippen LogP contribution in [0.5, 0.6) is 5.88 Å². The first-order chi connectivity index (χ1) is 6.09. The predicted octanol–water partition coefficient (Wildman–Crippen LogP) is 1.50. The van der Waals surface area contributed by atoms with Gasteiger partial charge in [0.25, 0.3) is 0 Å². The van der Waals surface area contributed by atoms with Gasteiger partial charge in [-0.05, 0) is 19.9 Å². The van der Waals surface area contributed by atoms with Crippen LogP contribution in [0, 0.1) is 0 Å². The van der Waals surface area contributed by atoms with Crippen molar-refractivity contribution >= 4 is 17.2 Å². The number of hydrogen-bond acceptors (Lipinski definition) is 3. The molecule has 4 heteroatoms. The maximum atomic E-state index is 5.43. The van der Waals surface area contributed by atoms with Gasteiger partial charge in [-0.3, -0.25) is 0 Å². The maximum absolute atomic E-state index is 5.43. The molecular weight excluding hydrogens is 184 g/mol. The second kappa shape index (κ2) is 4.18. The van der Waals surface area contributed by atoms with Crippen LogP contribution in [0.25, 0.3) is 0 Å². The summed E-state index contributed by atoms with van der Waals surface area (Å²) < 4.78 is 5.38. The van der Waals surface area contributed by atoms with Crippen LogP contribution in [0.1, 0.15) is 19.5 Å². The zero-order chi connectivity index (χ0) is 9.84. The summed E-state index contributed by atoms with van der Waals surface area (Å²) in [6, 6.07) is 5.36. The zero-order valence-electron chi connectivity index (χ0n) is 7.65. The van der Waals surface area contributed by atoms with Crippen LogP contribution in [0.4, 0.5) is 0 Å². The first-order valence-corrected chi connectivity index (χ1v) is 4.44. The SMILES string of the molecule is CC(C)Oc1cccc(C(N)=S)n1. The van der Waals surface area contributed by atoms with E-state index in [1.165, 1.54) is 0 Å². The average Bonchev–Trinajstić information content (AvgIpc) is 2.03. The second-order valence-electron chi connectivity index (χ2n) is 2.89. The fraction of sp³-hybridized carbons (Fsp3) is 0.333. The maximum Gasteiger partial charge on any atom is 0.214 e. The molecule has 0 aromatic carbocycles. The topological polar surface area (TPSA) is 48.1 Å². The van der Waals surface area contributed by atoms with Crippen molar-refractivity contribution in [1.82, 2.24) is 4.98 Å². The van der Waals surface area contributed by atoms with Gasteiger partial charge in [-0.25, -0.2) is 4.98 Å². The first kappa shape index (κ1) is 9.92. The molecule has 70 valence electrons. The largest absolute Gasteiger partial charge is 0.475 e. The number of nitrogens with zero attached hydrogens (tertiary/aromatic N) is 1. The molecule has 1 heterocycles. The van der Waals surface area contributed by atoms with Crippen LogP contribution in [-0.2, 0) is 0 Å². The van der Waals surface area contributed by atoms with Crippen LogP contribution in [0.3, 0.4) is 0 Å². The molecule has 13 heavy (non-hydrogen) atoms. The smallest absolute Gasteiger partial charge is 0.214 e. The Morgan fingerprint density at radius 2 is 2.23 bits per heavy atom. The van der Waals surface area contributed by atoms with Crippen LogP contribution in [0.2, 0.25) is 0 Å². The number of thiocarbonyl (C=S) groups is 1. The second-order valence-corrected chi connectivity index (χ2v) is 3.33. The molecule has 0 spiro atoms. The lowest BCUT2D eigenvalue weighted by Gasteiger charge is -2.08. The Hall–Kier alpha value is -1.16. The standard InChI is InChI=1S/C9H12N2OS/c1-6(2)12-8-5-3-4-7(11-8)9(10)13/h3-6H,1-2H3,(H2,10,13). The van der Waals surface area contributed by atoms with Crippen LogP contribution in [-0.4, -0.2) is 16.1 Å². The van der Waals surface area contributed by atoms with E-state index in [9.17, 15) is 0 Å². The zero-order valence-corrected chi connectivity index (χ0v) is 8.47. The van der Waals surface area contributed by atoms with Crippen molar-refractivity contribution in [3.05, 3.63) is 23.9 Å². The summed E-state index contributed by atoms with van der Waals surface area (Å²) in [7, 11) is 0. The van der Waals surface area contributed by atoms with Gasteiger partial charge in [0, 0.05) is 6.07 Å². The Bertz CT molecular complexity index is 312.